The van der Waals surface area contributed by atoms with Crippen LogP contribution in [0, 0.1) is 5.82 Å². The average molecular weight is 413 g/mol. The van der Waals surface area contributed by atoms with Crippen molar-refractivity contribution in [3.63, 3.8) is 0 Å². The molecule has 1 heterocycles. The number of nitrogens with zero attached hydrogens (tertiary/aromatic N) is 1. The fourth-order valence-corrected chi connectivity index (χ4v) is 3.14. The van der Waals surface area contributed by atoms with E-state index in [0.29, 0.717) is 17.3 Å². The predicted molar refractivity (Wildman–Crippen MR) is 112 cm³/mol. The Morgan fingerprint density at radius 3 is 2.48 bits per heavy atom. The van der Waals surface area contributed by atoms with E-state index < -0.39 is 11.6 Å². The second kappa shape index (κ2) is 9.05. The molecule has 2 aromatic carbocycles. The molecular formula is C23H22ClFN2O2. The number of ether oxygens (including phenoxy) is 1. The Morgan fingerprint density at radius 2 is 1.83 bits per heavy atom. The van der Waals surface area contributed by atoms with Crippen molar-refractivity contribution in [2.45, 2.75) is 32.4 Å². The predicted octanol–water partition coefficient (Wildman–Crippen LogP) is 6.09. The topological polar surface area (TPSA) is 51.2 Å². The molecule has 0 saturated carbocycles. The molecule has 0 radical (unpaired) electrons. The lowest BCUT2D eigenvalue weighted by Crippen LogP contribution is -2.43. The number of halogens is 2. The van der Waals surface area contributed by atoms with E-state index in [-0.39, 0.29) is 12.4 Å². The summed E-state index contributed by atoms with van der Waals surface area (Å²) in [5.41, 5.74) is 2.32. The van der Waals surface area contributed by atoms with Gasteiger partial charge in [-0.15, -0.1) is 0 Å². The molecule has 4 nitrogen and oxygen atoms in total. The molecule has 1 amide bonds. The number of hydrogen-bond donors (Lipinski definition) is 1. The number of alkyl carbamates (subject to hydrolysis) is 1. The number of rotatable bonds is 6. The minimum absolute atomic E-state index is 0.185. The van der Waals surface area contributed by atoms with Crippen LogP contribution in [0.2, 0.25) is 5.15 Å². The lowest BCUT2D eigenvalue weighted by molar-refractivity contribution is 0.127. The van der Waals surface area contributed by atoms with Crippen LogP contribution < -0.4 is 5.32 Å². The largest absolute Gasteiger partial charge is 0.445 e. The lowest BCUT2D eigenvalue weighted by atomic mass is 9.89. The van der Waals surface area contributed by atoms with E-state index in [1.807, 2.05) is 50.2 Å². The molecule has 3 aromatic rings. The highest BCUT2D eigenvalue weighted by atomic mass is 35.5. The Kier molecular flexibility index (Phi) is 6.49. The van der Waals surface area contributed by atoms with Gasteiger partial charge in [0, 0.05) is 5.56 Å². The van der Waals surface area contributed by atoms with Crippen molar-refractivity contribution in [3.05, 3.63) is 88.8 Å². The number of benzene rings is 2. The molecule has 150 valence electrons. The fourth-order valence-electron chi connectivity index (χ4n) is 2.93. The van der Waals surface area contributed by atoms with Gasteiger partial charge in [-0.05, 0) is 60.9 Å². The summed E-state index contributed by atoms with van der Waals surface area (Å²) in [4.78, 5) is 16.8. The molecule has 0 aliphatic rings. The Hall–Kier alpha value is -2.92. The van der Waals surface area contributed by atoms with Gasteiger partial charge in [-0.1, -0.05) is 48.9 Å². The van der Waals surface area contributed by atoms with Gasteiger partial charge >= 0.3 is 6.09 Å². The molecule has 0 bridgehead atoms. The molecule has 3 rings (SSSR count). The third kappa shape index (κ3) is 5.33. The third-order valence-corrected chi connectivity index (χ3v) is 5.06. The van der Waals surface area contributed by atoms with E-state index in [9.17, 15) is 9.18 Å². The van der Waals surface area contributed by atoms with Gasteiger partial charge in [0.1, 0.15) is 17.6 Å². The van der Waals surface area contributed by atoms with Gasteiger partial charge in [-0.2, -0.15) is 0 Å². The average Bonchev–Trinajstić information content (AvgIpc) is 2.73. The second-order valence-corrected chi connectivity index (χ2v) is 7.33. The van der Waals surface area contributed by atoms with Gasteiger partial charge in [0.15, 0.2) is 0 Å². The van der Waals surface area contributed by atoms with Gasteiger partial charge in [0.05, 0.1) is 11.2 Å². The van der Waals surface area contributed by atoms with E-state index in [2.05, 4.69) is 10.3 Å². The first kappa shape index (κ1) is 20.8. The highest BCUT2D eigenvalue weighted by Crippen LogP contribution is 2.30. The number of aromatic nitrogens is 1. The van der Waals surface area contributed by atoms with Crippen molar-refractivity contribution in [1.82, 2.24) is 10.3 Å². The van der Waals surface area contributed by atoms with Crippen molar-refractivity contribution in [2.24, 2.45) is 0 Å². The van der Waals surface area contributed by atoms with Crippen LogP contribution in [-0.4, -0.2) is 11.1 Å². The number of nitrogens with one attached hydrogen (secondary N) is 1. The smallest absolute Gasteiger partial charge is 0.408 e. The Morgan fingerprint density at radius 1 is 1.14 bits per heavy atom. The zero-order valence-corrected chi connectivity index (χ0v) is 17.0. The molecule has 0 aliphatic carbocycles. The number of pyridine rings is 1. The molecule has 0 saturated heterocycles. The highest BCUT2D eigenvalue weighted by Gasteiger charge is 2.28. The minimum atomic E-state index is -0.713. The summed E-state index contributed by atoms with van der Waals surface area (Å²) in [6, 6.07) is 19.1. The number of amides is 1. The first-order valence-corrected chi connectivity index (χ1v) is 9.70. The zero-order chi connectivity index (χ0) is 20.9. The molecule has 6 heteroatoms. The Bertz CT molecular complexity index is 980. The van der Waals surface area contributed by atoms with Gasteiger partial charge in [-0.3, -0.25) is 0 Å². The summed E-state index contributed by atoms with van der Waals surface area (Å²) in [6.45, 7) is 4.05. The van der Waals surface area contributed by atoms with E-state index in [4.69, 9.17) is 16.3 Å². The number of hydrogen-bond acceptors (Lipinski definition) is 3. The summed E-state index contributed by atoms with van der Waals surface area (Å²) in [7, 11) is 0. The van der Waals surface area contributed by atoms with E-state index >= 15 is 0 Å². The Balaban J connectivity index is 1.80. The Labute approximate surface area is 174 Å². The molecule has 1 aromatic heterocycles. The van der Waals surface area contributed by atoms with Crippen LogP contribution in [0.4, 0.5) is 9.18 Å². The zero-order valence-electron chi connectivity index (χ0n) is 16.3. The van der Waals surface area contributed by atoms with E-state index in [1.165, 1.54) is 12.1 Å². The highest BCUT2D eigenvalue weighted by molar-refractivity contribution is 6.29. The maximum Gasteiger partial charge on any atom is 0.408 e. The maximum atomic E-state index is 13.2. The monoisotopic (exact) mass is 412 g/mol. The van der Waals surface area contributed by atoms with Crippen LogP contribution in [0.5, 0.6) is 0 Å². The van der Waals surface area contributed by atoms with Crippen LogP contribution in [0.1, 0.15) is 31.4 Å². The molecular weight excluding hydrogens is 391 g/mol. The summed E-state index contributed by atoms with van der Waals surface area (Å²) in [5, 5.41) is 3.23. The van der Waals surface area contributed by atoms with Crippen LogP contribution in [0.25, 0.3) is 11.3 Å². The van der Waals surface area contributed by atoms with Crippen molar-refractivity contribution >= 4 is 17.7 Å². The van der Waals surface area contributed by atoms with Crippen molar-refractivity contribution in [3.8, 4) is 11.3 Å². The molecule has 1 N–H and O–H groups in total. The SMILES string of the molecule is CCC(C)(NC(=O)OCc1ccccc1)c1cc(Cl)nc(-c2ccc(F)cc2)c1. The van der Waals surface area contributed by atoms with Crippen molar-refractivity contribution in [2.75, 3.05) is 0 Å². The molecule has 0 spiro atoms. The maximum absolute atomic E-state index is 13.2. The minimum Gasteiger partial charge on any atom is -0.445 e. The molecule has 0 aliphatic heterocycles. The standard InChI is InChI=1S/C23H22ClFN2O2/c1-3-23(2,27-22(28)29-15-16-7-5-4-6-8-16)18-13-20(26-21(24)14-18)17-9-11-19(25)12-10-17/h4-14H,3,15H2,1-2H3,(H,27,28). The van der Waals surface area contributed by atoms with Gasteiger partial charge in [-0.25, -0.2) is 14.2 Å². The fraction of sp³-hybridized carbons (Fsp3) is 0.217. The van der Waals surface area contributed by atoms with Gasteiger partial charge < -0.3 is 10.1 Å². The van der Waals surface area contributed by atoms with Crippen LogP contribution in [0.3, 0.4) is 0 Å². The first-order valence-electron chi connectivity index (χ1n) is 9.32. The van der Waals surface area contributed by atoms with E-state index in [0.717, 1.165) is 16.7 Å². The summed E-state index contributed by atoms with van der Waals surface area (Å²) in [5.74, 6) is -0.322. The van der Waals surface area contributed by atoms with Gasteiger partial charge in [0.2, 0.25) is 0 Å². The van der Waals surface area contributed by atoms with Gasteiger partial charge in [0.25, 0.3) is 0 Å². The quantitative estimate of drug-likeness (QED) is 0.498. The second-order valence-electron chi connectivity index (χ2n) is 6.94. The summed E-state index contributed by atoms with van der Waals surface area (Å²) < 4.78 is 18.6. The van der Waals surface area contributed by atoms with Crippen molar-refractivity contribution < 1.29 is 13.9 Å². The lowest BCUT2D eigenvalue weighted by Gasteiger charge is -2.30. The van der Waals surface area contributed by atoms with E-state index in [1.54, 1.807) is 18.2 Å². The van der Waals surface area contributed by atoms with Crippen LogP contribution in [-0.2, 0) is 16.9 Å². The third-order valence-electron chi connectivity index (χ3n) is 4.87. The summed E-state index contributed by atoms with van der Waals surface area (Å²) in [6.07, 6.45) is 0.0888. The van der Waals surface area contributed by atoms with Crippen molar-refractivity contribution in [1.29, 1.82) is 0 Å². The van der Waals surface area contributed by atoms with Crippen LogP contribution >= 0.6 is 11.6 Å². The number of carbonyl (C=O) groups excluding carboxylic acids is 1. The summed E-state index contributed by atoms with van der Waals surface area (Å²) >= 11 is 6.24. The first-order chi connectivity index (χ1) is 13.9. The van der Waals surface area contributed by atoms with Crippen LogP contribution in [0.15, 0.2) is 66.7 Å². The molecule has 29 heavy (non-hydrogen) atoms. The molecule has 1 atom stereocenters. The number of carbonyl (C=O) groups is 1. The normalized spacial score (nSPS) is 12.8. The molecule has 0 fully saturated rings. The molecule has 1 unspecified atom stereocenters.